The third kappa shape index (κ3) is 2.15. The summed E-state index contributed by atoms with van der Waals surface area (Å²) in [6, 6.07) is 3.41. The van der Waals surface area contributed by atoms with E-state index in [1.54, 1.807) is 30.7 Å². The van der Waals surface area contributed by atoms with Gasteiger partial charge in [-0.25, -0.2) is 4.79 Å². The van der Waals surface area contributed by atoms with Crippen molar-refractivity contribution in [1.82, 2.24) is 9.97 Å². The number of benzene rings is 1. The summed E-state index contributed by atoms with van der Waals surface area (Å²) in [5.41, 5.74) is 8.98. The van der Waals surface area contributed by atoms with Crippen molar-refractivity contribution in [1.29, 1.82) is 0 Å². The van der Waals surface area contributed by atoms with E-state index in [1.807, 2.05) is 6.92 Å². The third-order valence-electron chi connectivity index (χ3n) is 2.64. The number of hydrogen-bond donors (Lipinski definition) is 1. The molecule has 5 heteroatoms. The van der Waals surface area contributed by atoms with Gasteiger partial charge in [0.2, 0.25) is 0 Å². The second kappa shape index (κ2) is 4.83. The van der Waals surface area contributed by atoms with Gasteiger partial charge >= 0.3 is 5.97 Å². The Kier molecular flexibility index (Phi) is 3.23. The smallest absolute Gasteiger partial charge is 0.339 e. The average Bonchev–Trinajstić information content (AvgIpc) is 2.39. The lowest BCUT2D eigenvalue weighted by atomic mass is 10.0. The molecule has 5 nitrogen and oxygen atoms in total. The number of nitrogens with two attached hydrogens (primary N) is 1. The molecule has 0 atom stereocenters. The molecule has 0 aliphatic rings. The van der Waals surface area contributed by atoms with Crippen LogP contribution in [0, 0.1) is 6.92 Å². The van der Waals surface area contributed by atoms with Crippen LogP contribution < -0.4 is 5.73 Å². The molecule has 0 aliphatic heterocycles. The predicted molar refractivity (Wildman–Crippen MR) is 68.0 cm³/mol. The van der Waals surface area contributed by atoms with Gasteiger partial charge in [-0.3, -0.25) is 9.97 Å². The normalized spacial score (nSPS) is 10.1. The van der Waals surface area contributed by atoms with E-state index in [4.69, 9.17) is 10.5 Å². The summed E-state index contributed by atoms with van der Waals surface area (Å²) in [6.07, 6.45) is 4.83. The van der Waals surface area contributed by atoms with Crippen LogP contribution in [0.1, 0.15) is 15.9 Å². The molecule has 0 fully saturated rings. The Labute approximate surface area is 105 Å². The number of anilines is 1. The van der Waals surface area contributed by atoms with Gasteiger partial charge < -0.3 is 10.5 Å². The molecule has 0 unspecified atom stereocenters. The lowest BCUT2D eigenvalue weighted by molar-refractivity contribution is 0.0602. The summed E-state index contributed by atoms with van der Waals surface area (Å²) in [7, 11) is 1.32. The maximum atomic E-state index is 11.6. The monoisotopic (exact) mass is 243 g/mol. The fourth-order valence-corrected chi connectivity index (χ4v) is 1.73. The minimum absolute atomic E-state index is 0.337. The van der Waals surface area contributed by atoms with Gasteiger partial charge in [-0.1, -0.05) is 0 Å². The van der Waals surface area contributed by atoms with E-state index in [-0.39, 0.29) is 0 Å². The highest BCUT2D eigenvalue weighted by Gasteiger charge is 2.14. The zero-order chi connectivity index (χ0) is 13.1. The summed E-state index contributed by atoms with van der Waals surface area (Å²) in [5.74, 6) is -0.461. The van der Waals surface area contributed by atoms with Crippen LogP contribution in [0.2, 0.25) is 0 Å². The van der Waals surface area contributed by atoms with Crippen LogP contribution in [0.25, 0.3) is 11.3 Å². The van der Waals surface area contributed by atoms with Crippen molar-refractivity contribution in [3.8, 4) is 11.3 Å². The highest BCUT2D eigenvalue weighted by Crippen LogP contribution is 2.26. The van der Waals surface area contributed by atoms with Crippen molar-refractivity contribution in [2.75, 3.05) is 12.8 Å². The standard InChI is InChI=1S/C13H13N3O2/c1-8-5-11(14)10(13(17)18-2)6-9(8)12-7-15-3-4-16-12/h3-7H,14H2,1-2H3. The van der Waals surface area contributed by atoms with Crippen LogP contribution in [0.3, 0.4) is 0 Å². The van der Waals surface area contributed by atoms with Crippen molar-refractivity contribution in [2.24, 2.45) is 0 Å². The van der Waals surface area contributed by atoms with Crippen LogP contribution in [0.5, 0.6) is 0 Å². The van der Waals surface area contributed by atoms with E-state index in [0.717, 1.165) is 11.1 Å². The van der Waals surface area contributed by atoms with Crippen LogP contribution in [-0.4, -0.2) is 23.0 Å². The van der Waals surface area contributed by atoms with Gasteiger partial charge in [0, 0.05) is 23.6 Å². The Morgan fingerprint density at radius 2 is 2.11 bits per heavy atom. The molecule has 0 bridgehead atoms. The molecule has 1 heterocycles. The summed E-state index contributed by atoms with van der Waals surface area (Å²) >= 11 is 0. The number of aryl methyl sites for hydroxylation is 1. The Morgan fingerprint density at radius 3 is 2.72 bits per heavy atom. The van der Waals surface area contributed by atoms with Gasteiger partial charge in [0.05, 0.1) is 24.6 Å². The number of carbonyl (C=O) groups excluding carboxylic acids is 1. The van der Waals surface area contributed by atoms with Gasteiger partial charge in [-0.2, -0.15) is 0 Å². The Balaban J connectivity index is 2.59. The first-order valence-corrected chi connectivity index (χ1v) is 5.38. The van der Waals surface area contributed by atoms with Crippen molar-refractivity contribution < 1.29 is 9.53 Å². The van der Waals surface area contributed by atoms with E-state index in [1.165, 1.54) is 7.11 Å². The number of hydrogen-bond acceptors (Lipinski definition) is 5. The molecular formula is C13H13N3O2. The van der Waals surface area contributed by atoms with E-state index in [2.05, 4.69) is 9.97 Å². The molecule has 18 heavy (non-hydrogen) atoms. The van der Waals surface area contributed by atoms with E-state index >= 15 is 0 Å². The van der Waals surface area contributed by atoms with Crippen LogP contribution in [0.4, 0.5) is 5.69 Å². The second-order valence-electron chi connectivity index (χ2n) is 3.84. The Morgan fingerprint density at radius 1 is 1.33 bits per heavy atom. The van der Waals surface area contributed by atoms with Gasteiger partial charge in [0.15, 0.2) is 0 Å². The van der Waals surface area contributed by atoms with Crippen LogP contribution in [-0.2, 0) is 4.74 Å². The molecule has 0 spiro atoms. The topological polar surface area (TPSA) is 78.1 Å². The van der Waals surface area contributed by atoms with E-state index in [0.29, 0.717) is 16.9 Å². The molecule has 1 aromatic heterocycles. The highest BCUT2D eigenvalue weighted by atomic mass is 16.5. The number of nitrogen functional groups attached to an aromatic ring is 1. The predicted octanol–water partition coefficient (Wildman–Crippen LogP) is 1.82. The SMILES string of the molecule is COC(=O)c1cc(-c2cnccn2)c(C)cc1N. The Hall–Kier alpha value is -2.43. The van der Waals surface area contributed by atoms with Gasteiger partial charge in [-0.05, 0) is 24.6 Å². The van der Waals surface area contributed by atoms with Crippen LogP contribution >= 0.6 is 0 Å². The van der Waals surface area contributed by atoms with E-state index < -0.39 is 5.97 Å². The zero-order valence-electron chi connectivity index (χ0n) is 10.2. The maximum absolute atomic E-state index is 11.6. The fourth-order valence-electron chi connectivity index (χ4n) is 1.73. The molecule has 0 aliphatic carbocycles. The number of nitrogens with zero attached hydrogens (tertiary/aromatic N) is 2. The van der Waals surface area contributed by atoms with Gasteiger partial charge in [0.1, 0.15) is 0 Å². The third-order valence-corrected chi connectivity index (χ3v) is 2.64. The first-order chi connectivity index (χ1) is 8.63. The molecule has 2 aromatic rings. The molecule has 2 rings (SSSR count). The Bertz CT molecular complexity index is 582. The quantitative estimate of drug-likeness (QED) is 0.643. The molecule has 2 N–H and O–H groups in total. The number of esters is 1. The molecule has 92 valence electrons. The first-order valence-electron chi connectivity index (χ1n) is 5.38. The minimum atomic E-state index is -0.461. The number of methoxy groups -OCH3 is 1. The van der Waals surface area contributed by atoms with Crippen molar-refractivity contribution in [3.05, 3.63) is 41.9 Å². The lowest BCUT2D eigenvalue weighted by Crippen LogP contribution is -2.06. The molecule has 1 aromatic carbocycles. The minimum Gasteiger partial charge on any atom is -0.465 e. The van der Waals surface area contributed by atoms with Crippen molar-refractivity contribution in [3.63, 3.8) is 0 Å². The first kappa shape index (κ1) is 12.0. The molecular weight excluding hydrogens is 230 g/mol. The van der Waals surface area contributed by atoms with E-state index in [9.17, 15) is 4.79 Å². The molecule has 0 radical (unpaired) electrons. The largest absolute Gasteiger partial charge is 0.465 e. The number of aromatic nitrogens is 2. The van der Waals surface area contributed by atoms with Crippen molar-refractivity contribution in [2.45, 2.75) is 6.92 Å². The molecule has 0 saturated heterocycles. The molecule has 0 amide bonds. The summed E-state index contributed by atoms with van der Waals surface area (Å²) in [6.45, 7) is 1.90. The van der Waals surface area contributed by atoms with Gasteiger partial charge in [0.25, 0.3) is 0 Å². The number of rotatable bonds is 2. The summed E-state index contributed by atoms with van der Waals surface area (Å²) < 4.78 is 4.69. The average molecular weight is 243 g/mol. The van der Waals surface area contributed by atoms with Crippen molar-refractivity contribution >= 4 is 11.7 Å². The number of ether oxygens (including phenoxy) is 1. The summed E-state index contributed by atoms with van der Waals surface area (Å²) in [5, 5.41) is 0. The highest BCUT2D eigenvalue weighted by molar-refractivity contribution is 5.96. The number of carbonyl (C=O) groups is 1. The fraction of sp³-hybridized carbons (Fsp3) is 0.154. The zero-order valence-corrected chi connectivity index (χ0v) is 10.2. The van der Waals surface area contributed by atoms with Crippen LogP contribution in [0.15, 0.2) is 30.7 Å². The van der Waals surface area contributed by atoms with Gasteiger partial charge in [-0.15, -0.1) is 0 Å². The second-order valence-corrected chi connectivity index (χ2v) is 3.84. The maximum Gasteiger partial charge on any atom is 0.339 e. The summed E-state index contributed by atoms with van der Waals surface area (Å²) in [4.78, 5) is 19.8. The lowest BCUT2D eigenvalue weighted by Gasteiger charge is -2.10. The molecule has 0 saturated carbocycles.